The summed E-state index contributed by atoms with van der Waals surface area (Å²) in [4.78, 5) is 0. The summed E-state index contributed by atoms with van der Waals surface area (Å²) in [7, 11) is 1.92. The molecule has 0 spiro atoms. The van der Waals surface area contributed by atoms with Gasteiger partial charge < -0.3 is 14.2 Å². The van der Waals surface area contributed by atoms with Crippen molar-refractivity contribution < 1.29 is 8.85 Å². The molecule has 0 aromatic carbocycles. The molecule has 0 aliphatic heterocycles. The molecule has 0 amide bonds. The van der Waals surface area contributed by atoms with E-state index < -0.39 is 8.56 Å². The standard InChI is InChI=1S/C8H21NO2Si/c1-5-11-12(4,10-3)8-6-7-9-2/h9H,5-8H2,1-4H3. The van der Waals surface area contributed by atoms with Crippen molar-refractivity contribution in [2.75, 3.05) is 27.3 Å². The van der Waals surface area contributed by atoms with Crippen molar-refractivity contribution in [2.24, 2.45) is 0 Å². The van der Waals surface area contributed by atoms with Crippen LogP contribution in [0.4, 0.5) is 0 Å². The molecular formula is C8H21NO2Si. The fourth-order valence-electron chi connectivity index (χ4n) is 1.12. The molecule has 0 aromatic heterocycles. The Morgan fingerprint density at radius 3 is 2.50 bits per heavy atom. The molecule has 1 unspecified atom stereocenters. The second-order valence-corrected chi connectivity index (χ2v) is 6.44. The molecule has 0 rings (SSSR count). The van der Waals surface area contributed by atoms with Crippen molar-refractivity contribution in [3.8, 4) is 0 Å². The first-order valence-corrected chi connectivity index (χ1v) is 7.04. The molecule has 0 bridgehead atoms. The highest BCUT2D eigenvalue weighted by Gasteiger charge is 2.28. The minimum atomic E-state index is -1.80. The van der Waals surface area contributed by atoms with Crippen LogP contribution in [0.5, 0.6) is 0 Å². The van der Waals surface area contributed by atoms with E-state index >= 15 is 0 Å². The number of hydrogen-bond donors (Lipinski definition) is 1. The summed E-state index contributed by atoms with van der Waals surface area (Å²) in [6.45, 7) is 5.93. The van der Waals surface area contributed by atoms with Crippen LogP contribution in [-0.4, -0.2) is 35.9 Å². The van der Waals surface area contributed by atoms with E-state index in [-0.39, 0.29) is 0 Å². The van der Waals surface area contributed by atoms with Crippen LogP contribution in [-0.2, 0) is 8.85 Å². The summed E-state index contributed by atoms with van der Waals surface area (Å²) in [5.74, 6) is 0. The van der Waals surface area contributed by atoms with Crippen molar-refractivity contribution in [3.05, 3.63) is 0 Å². The largest absolute Gasteiger partial charge is 0.398 e. The zero-order valence-electron chi connectivity index (χ0n) is 8.64. The number of nitrogens with one attached hydrogen (secondary N) is 1. The number of rotatable bonds is 7. The Morgan fingerprint density at radius 2 is 2.08 bits per heavy atom. The summed E-state index contributed by atoms with van der Waals surface area (Å²) in [5, 5.41) is 3.12. The average molecular weight is 191 g/mol. The second kappa shape index (κ2) is 6.60. The minimum absolute atomic E-state index is 0.760. The van der Waals surface area contributed by atoms with Gasteiger partial charge in [0.2, 0.25) is 0 Å². The van der Waals surface area contributed by atoms with Crippen molar-refractivity contribution in [2.45, 2.75) is 25.9 Å². The smallest absolute Gasteiger partial charge is 0.334 e. The lowest BCUT2D eigenvalue weighted by atomic mass is 10.5. The van der Waals surface area contributed by atoms with Gasteiger partial charge in [-0.3, -0.25) is 0 Å². The monoisotopic (exact) mass is 191 g/mol. The molecule has 0 fully saturated rings. The van der Waals surface area contributed by atoms with Crippen molar-refractivity contribution in [1.82, 2.24) is 5.32 Å². The second-order valence-electron chi connectivity index (χ2n) is 2.98. The van der Waals surface area contributed by atoms with Crippen molar-refractivity contribution in [1.29, 1.82) is 0 Å². The van der Waals surface area contributed by atoms with Gasteiger partial charge in [-0.05, 0) is 39.5 Å². The van der Waals surface area contributed by atoms with Gasteiger partial charge in [0.1, 0.15) is 0 Å². The van der Waals surface area contributed by atoms with E-state index in [9.17, 15) is 0 Å². The summed E-state index contributed by atoms with van der Waals surface area (Å²) in [6.07, 6.45) is 1.13. The Kier molecular flexibility index (Phi) is 6.65. The zero-order chi connectivity index (χ0) is 9.45. The Hall–Kier alpha value is 0.0969. The average Bonchev–Trinajstić information content (AvgIpc) is 2.06. The first-order valence-electron chi connectivity index (χ1n) is 4.52. The lowest BCUT2D eigenvalue weighted by Crippen LogP contribution is -2.37. The van der Waals surface area contributed by atoms with Crippen LogP contribution in [0.1, 0.15) is 13.3 Å². The molecule has 0 aliphatic rings. The third kappa shape index (κ3) is 4.87. The lowest BCUT2D eigenvalue weighted by molar-refractivity contribution is 0.214. The normalized spacial score (nSPS) is 16.0. The molecule has 74 valence electrons. The Labute approximate surface area is 76.7 Å². The predicted molar refractivity (Wildman–Crippen MR) is 53.6 cm³/mol. The van der Waals surface area contributed by atoms with Crippen LogP contribution in [0.3, 0.4) is 0 Å². The highest BCUT2D eigenvalue weighted by atomic mass is 28.4. The fourth-order valence-corrected chi connectivity index (χ4v) is 3.02. The van der Waals surface area contributed by atoms with Crippen LogP contribution >= 0.6 is 0 Å². The van der Waals surface area contributed by atoms with Gasteiger partial charge in [0.15, 0.2) is 0 Å². The van der Waals surface area contributed by atoms with Crippen molar-refractivity contribution >= 4 is 8.56 Å². The predicted octanol–water partition coefficient (Wildman–Crippen LogP) is 1.35. The molecular weight excluding hydrogens is 170 g/mol. The van der Waals surface area contributed by atoms with E-state index in [4.69, 9.17) is 8.85 Å². The van der Waals surface area contributed by atoms with E-state index in [0.29, 0.717) is 0 Å². The Bertz CT molecular complexity index is 113. The highest BCUT2D eigenvalue weighted by Crippen LogP contribution is 2.13. The van der Waals surface area contributed by atoms with Crippen LogP contribution < -0.4 is 5.32 Å². The quantitative estimate of drug-likeness (QED) is 0.487. The van der Waals surface area contributed by atoms with E-state index in [1.807, 2.05) is 14.0 Å². The molecule has 0 aromatic rings. The van der Waals surface area contributed by atoms with Gasteiger partial charge in [-0.2, -0.15) is 0 Å². The first kappa shape index (κ1) is 12.1. The molecule has 0 saturated carbocycles. The van der Waals surface area contributed by atoms with Crippen LogP contribution in [0.2, 0.25) is 12.6 Å². The number of hydrogen-bond acceptors (Lipinski definition) is 3. The van der Waals surface area contributed by atoms with E-state index in [2.05, 4.69) is 11.9 Å². The minimum Gasteiger partial charge on any atom is -0.398 e. The van der Waals surface area contributed by atoms with Crippen LogP contribution in [0, 0.1) is 0 Å². The lowest BCUT2D eigenvalue weighted by Gasteiger charge is -2.24. The molecule has 12 heavy (non-hydrogen) atoms. The zero-order valence-corrected chi connectivity index (χ0v) is 9.64. The molecule has 4 heteroatoms. The maximum Gasteiger partial charge on any atom is 0.334 e. The molecule has 0 saturated heterocycles. The van der Waals surface area contributed by atoms with Gasteiger partial charge in [-0.25, -0.2) is 0 Å². The third-order valence-electron chi connectivity index (χ3n) is 1.94. The van der Waals surface area contributed by atoms with E-state index in [0.717, 1.165) is 25.6 Å². The molecule has 1 N–H and O–H groups in total. The third-order valence-corrected chi connectivity index (χ3v) is 4.96. The molecule has 0 aliphatic carbocycles. The van der Waals surface area contributed by atoms with Gasteiger partial charge in [-0.1, -0.05) is 0 Å². The summed E-state index contributed by atoms with van der Waals surface area (Å²) >= 11 is 0. The maximum atomic E-state index is 5.61. The Morgan fingerprint density at radius 1 is 1.42 bits per heavy atom. The van der Waals surface area contributed by atoms with Crippen molar-refractivity contribution in [3.63, 3.8) is 0 Å². The molecule has 1 atom stereocenters. The van der Waals surface area contributed by atoms with Gasteiger partial charge in [-0.15, -0.1) is 0 Å². The summed E-state index contributed by atoms with van der Waals surface area (Å²) in [6, 6.07) is 1.07. The van der Waals surface area contributed by atoms with Gasteiger partial charge in [0.25, 0.3) is 0 Å². The Balaban J connectivity index is 3.63. The van der Waals surface area contributed by atoms with E-state index in [1.165, 1.54) is 0 Å². The molecule has 0 heterocycles. The molecule has 0 radical (unpaired) electrons. The summed E-state index contributed by atoms with van der Waals surface area (Å²) < 4.78 is 11.0. The van der Waals surface area contributed by atoms with Crippen LogP contribution in [0.25, 0.3) is 0 Å². The van der Waals surface area contributed by atoms with Gasteiger partial charge in [0.05, 0.1) is 0 Å². The topological polar surface area (TPSA) is 30.5 Å². The maximum absolute atomic E-state index is 5.61. The van der Waals surface area contributed by atoms with Crippen LogP contribution in [0.15, 0.2) is 0 Å². The molecule has 3 nitrogen and oxygen atoms in total. The van der Waals surface area contributed by atoms with Gasteiger partial charge >= 0.3 is 8.56 Å². The SMILES string of the molecule is CCO[Si](C)(CCCNC)OC. The summed E-state index contributed by atoms with van der Waals surface area (Å²) in [5.41, 5.74) is 0. The van der Waals surface area contributed by atoms with E-state index in [1.54, 1.807) is 7.11 Å². The van der Waals surface area contributed by atoms with Gasteiger partial charge in [0, 0.05) is 13.7 Å². The first-order chi connectivity index (χ1) is 5.68. The highest BCUT2D eigenvalue weighted by molar-refractivity contribution is 6.65. The fraction of sp³-hybridized carbons (Fsp3) is 1.00.